The molecule has 5 heteroatoms. The fourth-order valence-electron chi connectivity index (χ4n) is 2.73. The van der Waals surface area contributed by atoms with Gasteiger partial charge in [-0.15, -0.1) is 0 Å². The van der Waals surface area contributed by atoms with Crippen molar-refractivity contribution in [3.05, 3.63) is 18.7 Å². The summed E-state index contributed by atoms with van der Waals surface area (Å²) in [7, 11) is 0. The highest BCUT2D eigenvalue weighted by Gasteiger charge is 2.22. The highest BCUT2D eigenvalue weighted by atomic mass is 16.2. The Morgan fingerprint density at radius 2 is 2.20 bits per heavy atom. The summed E-state index contributed by atoms with van der Waals surface area (Å²) < 4.78 is 1.96. The minimum Gasteiger partial charge on any atom is -0.340 e. The molecule has 20 heavy (non-hydrogen) atoms. The van der Waals surface area contributed by atoms with Gasteiger partial charge in [-0.05, 0) is 45.7 Å². The Labute approximate surface area is 121 Å². The molecule has 1 aromatic heterocycles. The summed E-state index contributed by atoms with van der Waals surface area (Å²) in [4.78, 5) is 18.5. The van der Waals surface area contributed by atoms with Crippen molar-refractivity contribution in [3.63, 3.8) is 0 Å². The number of aryl methyl sites for hydroxylation is 1. The van der Waals surface area contributed by atoms with Gasteiger partial charge in [0.25, 0.3) is 0 Å². The Morgan fingerprint density at radius 1 is 1.45 bits per heavy atom. The Balaban J connectivity index is 1.84. The summed E-state index contributed by atoms with van der Waals surface area (Å²) in [5, 5.41) is 3.38. The van der Waals surface area contributed by atoms with Crippen molar-refractivity contribution in [2.45, 2.75) is 45.7 Å². The molecule has 5 nitrogen and oxygen atoms in total. The number of imidazole rings is 1. The summed E-state index contributed by atoms with van der Waals surface area (Å²) >= 11 is 0. The van der Waals surface area contributed by atoms with Gasteiger partial charge in [0.1, 0.15) is 0 Å². The number of rotatable bonds is 6. The van der Waals surface area contributed by atoms with E-state index >= 15 is 0 Å². The van der Waals surface area contributed by atoms with Crippen LogP contribution in [0.15, 0.2) is 18.7 Å². The molecule has 0 saturated carbocycles. The van der Waals surface area contributed by atoms with Crippen molar-refractivity contribution in [2.75, 3.05) is 19.6 Å². The summed E-state index contributed by atoms with van der Waals surface area (Å²) in [6, 6.07) is 0.278. The maximum absolute atomic E-state index is 12.4. The second-order valence-electron chi connectivity index (χ2n) is 5.88. The molecule has 0 aliphatic carbocycles. The molecule has 1 fully saturated rings. The van der Waals surface area contributed by atoms with Crippen LogP contribution in [0.25, 0.3) is 0 Å². The topological polar surface area (TPSA) is 50.2 Å². The average molecular weight is 278 g/mol. The van der Waals surface area contributed by atoms with Gasteiger partial charge in [0, 0.05) is 37.9 Å². The smallest absolute Gasteiger partial charge is 0.224 e. The summed E-state index contributed by atoms with van der Waals surface area (Å²) in [6.45, 7) is 8.00. The summed E-state index contributed by atoms with van der Waals surface area (Å²) in [6.07, 6.45) is 8.33. The number of nitrogens with one attached hydrogen (secondary N) is 1. The number of aromatic nitrogens is 2. The first kappa shape index (κ1) is 15.0. The lowest BCUT2D eigenvalue weighted by Crippen LogP contribution is -2.43. The molecule has 2 heterocycles. The molecule has 112 valence electrons. The van der Waals surface area contributed by atoms with Crippen LogP contribution in [-0.2, 0) is 11.3 Å². The number of hydrogen-bond acceptors (Lipinski definition) is 3. The van der Waals surface area contributed by atoms with Crippen molar-refractivity contribution < 1.29 is 4.79 Å². The van der Waals surface area contributed by atoms with E-state index in [9.17, 15) is 4.79 Å². The lowest BCUT2D eigenvalue weighted by atomic mass is 9.97. The highest BCUT2D eigenvalue weighted by Crippen LogP contribution is 2.16. The maximum Gasteiger partial charge on any atom is 0.224 e. The van der Waals surface area contributed by atoms with E-state index in [2.05, 4.69) is 24.1 Å². The summed E-state index contributed by atoms with van der Waals surface area (Å²) in [5.41, 5.74) is 0. The molecule has 0 atom stereocenters. The van der Waals surface area contributed by atoms with E-state index in [0.29, 0.717) is 18.9 Å². The molecular formula is C15H26N4O. The zero-order valence-corrected chi connectivity index (χ0v) is 12.6. The van der Waals surface area contributed by atoms with Crippen molar-refractivity contribution >= 4 is 5.91 Å². The minimum atomic E-state index is 0.257. The molecular weight excluding hydrogens is 252 g/mol. The van der Waals surface area contributed by atoms with Crippen LogP contribution in [0.5, 0.6) is 0 Å². The molecule has 1 aromatic rings. The van der Waals surface area contributed by atoms with E-state index in [-0.39, 0.29) is 11.9 Å². The Hall–Kier alpha value is -1.36. The first-order valence-electron chi connectivity index (χ1n) is 7.62. The number of amides is 1. The third kappa shape index (κ3) is 4.34. The Morgan fingerprint density at radius 3 is 2.80 bits per heavy atom. The first-order valence-corrected chi connectivity index (χ1v) is 7.62. The minimum absolute atomic E-state index is 0.257. The first-order chi connectivity index (χ1) is 9.66. The van der Waals surface area contributed by atoms with Gasteiger partial charge in [-0.3, -0.25) is 4.79 Å². The fourth-order valence-corrected chi connectivity index (χ4v) is 2.73. The number of piperidine rings is 1. The second kappa shape index (κ2) is 7.43. The van der Waals surface area contributed by atoms with Crippen LogP contribution in [0, 0.1) is 5.92 Å². The predicted molar refractivity (Wildman–Crippen MR) is 79.3 cm³/mol. The number of carbonyl (C=O) groups is 1. The van der Waals surface area contributed by atoms with Gasteiger partial charge in [-0.2, -0.15) is 0 Å². The molecule has 1 aliphatic rings. The second-order valence-corrected chi connectivity index (χ2v) is 5.88. The molecule has 0 radical (unpaired) electrons. The van der Waals surface area contributed by atoms with Crippen LogP contribution in [0.4, 0.5) is 0 Å². The third-order valence-corrected chi connectivity index (χ3v) is 4.00. The standard InChI is InChI=1S/C15H26N4O/c1-13(2)19(11-14-3-6-16-7-4-14)15(20)5-9-18-10-8-17-12-18/h8,10,12-14,16H,3-7,9,11H2,1-2H3. The zero-order valence-electron chi connectivity index (χ0n) is 12.6. The monoisotopic (exact) mass is 278 g/mol. The zero-order chi connectivity index (χ0) is 14.4. The molecule has 1 aliphatic heterocycles. The van der Waals surface area contributed by atoms with E-state index < -0.39 is 0 Å². The molecule has 2 rings (SSSR count). The molecule has 0 spiro atoms. The van der Waals surface area contributed by atoms with Gasteiger partial charge in [0.2, 0.25) is 5.91 Å². The van der Waals surface area contributed by atoms with Crippen LogP contribution in [-0.4, -0.2) is 46.0 Å². The predicted octanol–water partition coefficient (Wildman–Crippen LogP) is 1.51. The molecule has 1 saturated heterocycles. The lowest BCUT2D eigenvalue weighted by molar-refractivity contribution is -0.134. The van der Waals surface area contributed by atoms with Gasteiger partial charge in [0.05, 0.1) is 6.33 Å². The molecule has 0 bridgehead atoms. The van der Waals surface area contributed by atoms with Gasteiger partial charge in [0.15, 0.2) is 0 Å². The van der Waals surface area contributed by atoms with E-state index in [1.807, 2.05) is 15.7 Å². The quantitative estimate of drug-likeness (QED) is 0.858. The van der Waals surface area contributed by atoms with Crippen LogP contribution in [0.2, 0.25) is 0 Å². The lowest BCUT2D eigenvalue weighted by Gasteiger charge is -2.33. The van der Waals surface area contributed by atoms with Crippen molar-refractivity contribution in [1.82, 2.24) is 19.8 Å². The van der Waals surface area contributed by atoms with E-state index in [4.69, 9.17) is 0 Å². The van der Waals surface area contributed by atoms with Gasteiger partial charge in [-0.25, -0.2) is 4.98 Å². The molecule has 1 amide bonds. The Bertz CT molecular complexity index is 396. The highest BCUT2D eigenvalue weighted by molar-refractivity contribution is 5.76. The van der Waals surface area contributed by atoms with Crippen LogP contribution in [0.3, 0.4) is 0 Å². The number of nitrogens with zero attached hydrogens (tertiary/aromatic N) is 3. The SMILES string of the molecule is CC(C)N(CC1CCNCC1)C(=O)CCn1ccnc1. The molecule has 1 N–H and O–H groups in total. The van der Waals surface area contributed by atoms with E-state index in [0.717, 1.165) is 19.6 Å². The molecule has 0 aromatic carbocycles. The van der Waals surface area contributed by atoms with Crippen molar-refractivity contribution in [3.8, 4) is 0 Å². The Kier molecular flexibility index (Phi) is 5.59. The van der Waals surface area contributed by atoms with Gasteiger partial charge in [-0.1, -0.05) is 0 Å². The van der Waals surface area contributed by atoms with Crippen molar-refractivity contribution in [1.29, 1.82) is 0 Å². The largest absolute Gasteiger partial charge is 0.340 e. The maximum atomic E-state index is 12.4. The summed E-state index contributed by atoms with van der Waals surface area (Å²) in [5.74, 6) is 0.906. The fraction of sp³-hybridized carbons (Fsp3) is 0.733. The van der Waals surface area contributed by atoms with Gasteiger partial charge >= 0.3 is 0 Å². The number of carbonyl (C=O) groups excluding carboxylic acids is 1. The number of hydrogen-bond donors (Lipinski definition) is 1. The normalized spacial score (nSPS) is 16.6. The van der Waals surface area contributed by atoms with Crippen LogP contribution in [0.1, 0.15) is 33.1 Å². The van der Waals surface area contributed by atoms with Crippen LogP contribution < -0.4 is 5.32 Å². The van der Waals surface area contributed by atoms with E-state index in [1.165, 1.54) is 12.8 Å². The van der Waals surface area contributed by atoms with Crippen molar-refractivity contribution in [2.24, 2.45) is 5.92 Å². The van der Waals surface area contributed by atoms with E-state index in [1.54, 1.807) is 12.5 Å². The van der Waals surface area contributed by atoms with Crippen LogP contribution >= 0.6 is 0 Å². The van der Waals surface area contributed by atoms with Gasteiger partial charge < -0.3 is 14.8 Å². The molecule has 0 unspecified atom stereocenters. The third-order valence-electron chi connectivity index (χ3n) is 4.00. The average Bonchev–Trinajstić information content (AvgIpc) is 2.96.